The number of carbonyl (C=O) groups excluding carboxylic acids is 2. The van der Waals surface area contributed by atoms with Crippen LogP contribution in [0.4, 0.5) is 5.69 Å². The first-order chi connectivity index (χ1) is 17.4. The maximum Gasteiger partial charge on any atom is 0.397 e. The van der Waals surface area contributed by atoms with Gasteiger partial charge in [0.05, 0.1) is 13.2 Å². The fourth-order valence-corrected chi connectivity index (χ4v) is 3.62. The van der Waals surface area contributed by atoms with E-state index in [-0.39, 0.29) is 32.2 Å². The second-order valence-corrected chi connectivity index (χ2v) is 8.03. The third-order valence-electron chi connectivity index (χ3n) is 5.44. The number of nitrogen functional groups attached to an aromatic ring is 1. The molecule has 9 heteroatoms. The lowest BCUT2D eigenvalue weighted by atomic mass is 10.1. The Bertz CT molecular complexity index is 1230. The first-order valence-corrected chi connectivity index (χ1v) is 11.5. The Morgan fingerprint density at radius 3 is 2.50 bits per heavy atom. The van der Waals surface area contributed by atoms with Crippen LogP contribution in [0.3, 0.4) is 0 Å². The van der Waals surface area contributed by atoms with Crippen LogP contribution in [0.5, 0.6) is 17.2 Å². The zero-order valence-electron chi connectivity index (χ0n) is 19.8. The van der Waals surface area contributed by atoms with Crippen LogP contribution in [0.1, 0.15) is 18.1 Å². The molecule has 1 heterocycles. The Labute approximate surface area is 208 Å². The molecular weight excluding hydrogens is 462 g/mol. The molecule has 0 aromatic heterocycles. The minimum absolute atomic E-state index is 0.0132. The number of esters is 1. The zero-order chi connectivity index (χ0) is 25.5. The van der Waals surface area contributed by atoms with Crippen molar-refractivity contribution in [1.29, 1.82) is 5.41 Å². The van der Waals surface area contributed by atoms with E-state index in [2.05, 4.69) is 0 Å². The van der Waals surface area contributed by atoms with E-state index in [9.17, 15) is 9.59 Å². The van der Waals surface area contributed by atoms with E-state index >= 15 is 0 Å². The summed E-state index contributed by atoms with van der Waals surface area (Å²) in [6.45, 7) is 2.44. The molecule has 186 valence electrons. The Morgan fingerprint density at radius 2 is 1.81 bits per heavy atom. The van der Waals surface area contributed by atoms with Gasteiger partial charge in [0.25, 0.3) is 0 Å². The van der Waals surface area contributed by atoms with Gasteiger partial charge in [-0.2, -0.15) is 0 Å². The van der Waals surface area contributed by atoms with Gasteiger partial charge < -0.3 is 24.7 Å². The first kappa shape index (κ1) is 24.6. The van der Waals surface area contributed by atoms with Gasteiger partial charge in [-0.15, -0.1) is 0 Å². The van der Waals surface area contributed by atoms with E-state index in [0.29, 0.717) is 28.5 Å². The molecule has 0 saturated carbocycles. The van der Waals surface area contributed by atoms with Crippen molar-refractivity contribution in [1.82, 2.24) is 0 Å². The maximum absolute atomic E-state index is 12.9. The zero-order valence-corrected chi connectivity index (χ0v) is 19.8. The average molecular weight is 490 g/mol. The molecule has 1 amide bonds. The van der Waals surface area contributed by atoms with Gasteiger partial charge in [0, 0.05) is 17.3 Å². The molecule has 3 aromatic rings. The number of amides is 1. The normalized spacial score (nSPS) is 14.0. The molecule has 9 nitrogen and oxygen atoms in total. The molecule has 1 aliphatic rings. The van der Waals surface area contributed by atoms with Gasteiger partial charge in [-0.1, -0.05) is 30.3 Å². The van der Waals surface area contributed by atoms with Crippen molar-refractivity contribution in [2.24, 2.45) is 5.73 Å². The van der Waals surface area contributed by atoms with Crippen molar-refractivity contribution < 1.29 is 28.5 Å². The van der Waals surface area contributed by atoms with Crippen LogP contribution in [0, 0.1) is 5.41 Å². The van der Waals surface area contributed by atoms with E-state index < -0.39 is 18.0 Å². The fourth-order valence-electron chi connectivity index (χ4n) is 3.62. The van der Waals surface area contributed by atoms with E-state index in [1.54, 1.807) is 49.4 Å². The molecule has 0 aliphatic carbocycles. The third kappa shape index (κ3) is 5.93. The molecule has 4 rings (SSSR count). The molecule has 36 heavy (non-hydrogen) atoms. The summed E-state index contributed by atoms with van der Waals surface area (Å²) < 4.78 is 22.7. The summed E-state index contributed by atoms with van der Waals surface area (Å²) in [5.41, 5.74) is 7.42. The van der Waals surface area contributed by atoms with Crippen LogP contribution in [-0.4, -0.2) is 43.6 Å². The molecular formula is C27H27N3O6. The predicted molar refractivity (Wildman–Crippen MR) is 134 cm³/mol. The highest BCUT2D eigenvalue weighted by atomic mass is 16.6. The van der Waals surface area contributed by atoms with Crippen LogP contribution in [0.2, 0.25) is 0 Å². The molecule has 0 fully saturated rings. The SMILES string of the molecule is CCOC(=O)C(=O)N(Cc1ccccc1)c1ccc2c(c1)O[C@@H](COc1ccc(C(=N)N)cc1)CO2. The Morgan fingerprint density at radius 1 is 1.06 bits per heavy atom. The van der Waals surface area contributed by atoms with E-state index in [1.807, 2.05) is 30.3 Å². The monoisotopic (exact) mass is 489 g/mol. The Balaban J connectivity index is 1.49. The first-order valence-electron chi connectivity index (χ1n) is 11.5. The van der Waals surface area contributed by atoms with Crippen LogP contribution in [0.25, 0.3) is 0 Å². The number of nitrogens with two attached hydrogens (primary N) is 1. The van der Waals surface area contributed by atoms with Gasteiger partial charge in [-0.25, -0.2) is 4.79 Å². The number of amidine groups is 1. The van der Waals surface area contributed by atoms with Gasteiger partial charge in [-0.05, 0) is 48.9 Å². The summed E-state index contributed by atoms with van der Waals surface area (Å²) in [6.07, 6.45) is -0.399. The van der Waals surface area contributed by atoms with Crippen molar-refractivity contribution in [2.45, 2.75) is 19.6 Å². The number of rotatable bonds is 8. The third-order valence-corrected chi connectivity index (χ3v) is 5.44. The summed E-state index contributed by atoms with van der Waals surface area (Å²) in [5, 5.41) is 7.47. The van der Waals surface area contributed by atoms with Gasteiger partial charge in [0.2, 0.25) is 0 Å². The van der Waals surface area contributed by atoms with Crippen molar-refractivity contribution in [3.63, 3.8) is 0 Å². The number of hydrogen-bond acceptors (Lipinski definition) is 7. The maximum atomic E-state index is 12.9. The van der Waals surface area contributed by atoms with Crippen LogP contribution in [0.15, 0.2) is 72.8 Å². The lowest BCUT2D eigenvalue weighted by Crippen LogP contribution is -2.38. The smallest absolute Gasteiger partial charge is 0.397 e. The fraction of sp³-hybridized carbons (Fsp3) is 0.222. The molecule has 1 aliphatic heterocycles. The van der Waals surface area contributed by atoms with E-state index in [4.69, 9.17) is 30.1 Å². The highest BCUT2D eigenvalue weighted by Gasteiger charge is 2.28. The largest absolute Gasteiger partial charge is 0.490 e. The summed E-state index contributed by atoms with van der Waals surface area (Å²) in [4.78, 5) is 26.6. The van der Waals surface area contributed by atoms with Gasteiger partial charge in [-0.3, -0.25) is 15.1 Å². The number of nitrogens with one attached hydrogen (secondary N) is 1. The molecule has 1 atom stereocenters. The second-order valence-electron chi connectivity index (χ2n) is 8.03. The van der Waals surface area contributed by atoms with Gasteiger partial charge in [0.1, 0.15) is 24.8 Å². The minimum Gasteiger partial charge on any atom is -0.490 e. The van der Waals surface area contributed by atoms with E-state index in [0.717, 1.165) is 5.56 Å². The highest BCUT2D eigenvalue weighted by molar-refractivity contribution is 6.38. The Kier molecular flexibility index (Phi) is 7.69. The Hall–Kier alpha value is -4.53. The van der Waals surface area contributed by atoms with Crippen molar-refractivity contribution >= 4 is 23.4 Å². The molecule has 0 saturated heterocycles. The van der Waals surface area contributed by atoms with Crippen molar-refractivity contribution in [2.75, 3.05) is 24.7 Å². The predicted octanol–water partition coefficient (Wildman–Crippen LogP) is 3.29. The molecule has 3 aromatic carbocycles. The summed E-state index contributed by atoms with van der Waals surface area (Å²) >= 11 is 0. The molecule has 0 unspecified atom stereocenters. The molecule has 0 bridgehead atoms. The van der Waals surface area contributed by atoms with Crippen LogP contribution in [-0.2, 0) is 20.9 Å². The lowest BCUT2D eigenvalue weighted by Gasteiger charge is -2.28. The number of hydrogen-bond donors (Lipinski definition) is 2. The topological polar surface area (TPSA) is 124 Å². The summed E-state index contributed by atoms with van der Waals surface area (Å²) in [7, 11) is 0. The number of ether oxygens (including phenoxy) is 4. The number of fused-ring (bicyclic) bond motifs is 1. The number of benzene rings is 3. The lowest BCUT2D eigenvalue weighted by molar-refractivity contribution is -0.153. The molecule has 3 N–H and O–H groups in total. The number of nitrogens with zero attached hydrogens (tertiary/aromatic N) is 1. The molecule has 0 radical (unpaired) electrons. The number of anilines is 1. The van der Waals surface area contributed by atoms with Gasteiger partial charge in [0.15, 0.2) is 17.6 Å². The van der Waals surface area contributed by atoms with E-state index in [1.165, 1.54) is 4.90 Å². The van der Waals surface area contributed by atoms with Crippen molar-refractivity contribution in [3.05, 3.63) is 83.9 Å². The number of carbonyl (C=O) groups is 2. The summed E-state index contributed by atoms with van der Waals surface area (Å²) in [5.74, 6) is -0.132. The van der Waals surface area contributed by atoms with Crippen LogP contribution < -0.4 is 24.8 Å². The molecule has 0 spiro atoms. The minimum atomic E-state index is -0.926. The standard InChI is InChI=1S/C27H27N3O6/c1-2-33-27(32)26(31)30(15-18-6-4-3-5-7-18)20-10-13-23-24(14-20)36-22(17-35-23)16-34-21-11-8-19(9-12-21)25(28)29/h3-14,22H,2,15-17H2,1H3,(H3,28,29)/t22-/m0/s1. The van der Waals surface area contributed by atoms with Gasteiger partial charge >= 0.3 is 11.9 Å². The highest BCUT2D eigenvalue weighted by Crippen LogP contribution is 2.36. The average Bonchev–Trinajstić information content (AvgIpc) is 2.90. The van der Waals surface area contributed by atoms with Crippen molar-refractivity contribution in [3.8, 4) is 17.2 Å². The summed E-state index contributed by atoms with van der Waals surface area (Å²) in [6, 6.07) is 21.3. The van der Waals surface area contributed by atoms with Crippen LogP contribution >= 0.6 is 0 Å². The second kappa shape index (κ2) is 11.3. The quantitative estimate of drug-likeness (QED) is 0.215.